The van der Waals surface area contributed by atoms with Gasteiger partial charge in [-0.2, -0.15) is 0 Å². The first-order chi connectivity index (χ1) is 9.42. The molecule has 2 rings (SSSR count). The molecule has 0 aliphatic carbocycles. The molecule has 0 aliphatic rings. The van der Waals surface area contributed by atoms with Gasteiger partial charge in [0.15, 0.2) is 0 Å². The lowest BCUT2D eigenvalue weighted by molar-refractivity contribution is 0.282. The minimum Gasteiger partial charge on any atom is -0.392 e. The molecule has 0 saturated heterocycles. The van der Waals surface area contributed by atoms with Gasteiger partial charge in [-0.15, -0.1) is 0 Å². The van der Waals surface area contributed by atoms with Crippen LogP contribution >= 0.6 is 11.6 Å². The Balaban J connectivity index is 2.27. The van der Waals surface area contributed by atoms with Crippen molar-refractivity contribution in [1.82, 2.24) is 0 Å². The minimum absolute atomic E-state index is 0.124. The average Bonchev–Trinajstić information content (AvgIpc) is 2.42. The first-order valence-electron chi connectivity index (χ1n) is 5.60. The topological polar surface area (TPSA) is 66.4 Å². The van der Waals surface area contributed by atoms with Crippen LogP contribution in [0.3, 0.4) is 0 Å². The normalized spacial score (nSPS) is 11.3. The van der Waals surface area contributed by atoms with E-state index in [0.717, 1.165) is 18.2 Å². The van der Waals surface area contributed by atoms with Gasteiger partial charge in [-0.25, -0.2) is 12.8 Å². The van der Waals surface area contributed by atoms with Crippen molar-refractivity contribution in [2.45, 2.75) is 11.5 Å². The highest BCUT2D eigenvalue weighted by Gasteiger charge is 2.15. The van der Waals surface area contributed by atoms with Gasteiger partial charge in [0, 0.05) is 5.69 Å². The summed E-state index contributed by atoms with van der Waals surface area (Å²) in [5.74, 6) is -0.682. The minimum atomic E-state index is -3.84. The van der Waals surface area contributed by atoms with Crippen molar-refractivity contribution in [3.63, 3.8) is 0 Å². The van der Waals surface area contributed by atoms with Gasteiger partial charge in [-0.1, -0.05) is 23.7 Å². The van der Waals surface area contributed by atoms with E-state index in [-0.39, 0.29) is 16.5 Å². The molecular weight excluding hydrogens is 305 g/mol. The summed E-state index contributed by atoms with van der Waals surface area (Å²) in [6.07, 6.45) is 0. The van der Waals surface area contributed by atoms with E-state index in [4.69, 9.17) is 16.7 Å². The number of halogens is 2. The van der Waals surface area contributed by atoms with Gasteiger partial charge in [0.2, 0.25) is 0 Å². The maximum absolute atomic E-state index is 13.0. The Hall–Kier alpha value is -1.63. The molecule has 2 N–H and O–H groups in total. The zero-order valence-electron chi connectivity index (χ0n) is 10.2. The highest BCUT2D eigenvalue weighted by Crippen LogP contribution is 2.22. The molecule has 0 radical (unpaired) electrons. The lowest BCUT2D eigenvalue weighted by Crippen LogP contribution is -2.13. The molecule has 0 fully saturated rings. The maximum atomic E-state index is 13.0. The third-order valence-electron chi connectivity index (χ3n) is 2.59. The van der Waals surface area contributed by atoms with Crippen molar-refractivity contribution in [2.75, 3.05) is 4.72 Å². The number of aliphatic hydroxyl groups is 1. The number of nitrogens with one attached hydrogen (secondary N) is 1. The van der Waals surface area contributed by atoms with E-state index in [1.807, 2.05) is 0 Å². The Morgan fingerprint density at radius 1 is 1.15 bits per heavy atom. The summed E-state index contributed by atoms with van der Waals surface area (Å²) in [6.45, 7) is -0.124. The van der Waals surface area contributed by atoms with Crippen LogP contribution in [-0.4, -0.2) is 13.5 Å². The van der Waals surface area contributed by atoms with Crippen LogP contribution in [0.25, 0.3) is 0 Å². The smallest absolute Gasteiger partial charge is 0.261 e. The van der Waals surface area contributed by atoms with Gasteiger partial charge in [-0.3, -0.25) is 4.72 Å². The molecule has 0 bridgehead atoms. The molecule has 0 aromatic heterocycles. The molecule has 0 heterocycles. The maximum Gasteiger partial charge on any atom is 0.261 e. The Labute approximate surface area is 120 Å². The van der Waals surface area contributed by atoms with E-state index in [2.05, 4.69) is 4.72 Å². The van der Waals surface area contributed by atoms with Crippen molar-refractivity contribution in [3.8, 4) is 0 Å². The van der Waals surface area contributed by atoms with Crippen molar-refractivity contribution >= 4 is 27.3 Å². The van der Waals surface area contributed by atoms with Crippen molar-refractivity contribution in [1.29, 1.82) is 0 Å². The quantitative estimate of drug-likeness (QED) is 0.911. The average molecular weight is 316 g/mol. The number of benzene rings is 2. The molecule has 0 atom stereocenters. The van der Waals surface area contributed by atoms with Gasteiger partial charge >= 0.3 is 0 Å². The van der Waals surface area contributed by atoms with Crippen LogP contribution in [0.5, 0.6) is 0 Å². The van der Waals surface area contributed by atoms with Gasteiger partial charge in [0.25, 0.3) is 10.0 Å². The van der Waals surface area contributed by atoms with Gasteiger partial charge < -0.3 is 5.11 Å². The van der Waals surface area contributed by atoms with Crippen molar-refractivity contribution in [2.24, 2.45) is 0 Å². The Morgan fingerprint density at radius 2 is 1.80 bits per heavy atom. The van der Waals surface area contributed by atoms with Crippen LogP contribution in [0.4, 0.5) is 10.1 Å². The second-order valence-electron chi connectivity index (χ2n) is 4.04. The second-order valence-corrected chi connectivity index (χ2v) is 6.13. The SMILES string of the molecule is O=S(=O)(Nc1ccc(CO)cc1)c1ccc(F)c(Cl)c1. The van der Waals surface area contributed by atoms with Crippen molar-refractivity contribution in [3.05, 3.63) is 58.9 Å². The van der Waals surface area contributed by atoms with Crippen LogP contribution in [0, 0.1) is 5.82 Å². The third-order valence-corrected chi connectivity index (χ3v) is 4.26. The predicted octanol–water partition coefficient (Wildman–Crippen LogP) is 2.77. The lowest BCUT2D eigenvalue weighted by atomic mass is 10.2. The molecule has 0 amide bonds. The number of hydrogen-bond donors (Lipinski definition) is 2. The Bertz CT molecular complexity index is 717. The monoisotopic (exact) mass is 315 g/mol. The molecule has 106 valence electrons. The zero-order valence-corrected chi connectivity index (χ0v) is 11.7. The molecule has 0 aliphatic heterocycles. The summed E-state index contributed by atoms with van der Waals surface area (Å²) < 4.78 is 39.5. The van der Waals surface area contributed by atoms with Gasteiger partial charge in [0.1, 0.15) is 5.82 Å². The van der Waals surface area contributed by atoms with E-state index >= 15 is 0 Å². The molecule has 2 aromatic rings. The summed E-state index contributed by atoms with van der Waals surface area (Å²) in [7, 11) is -3.84. The molecule has 4 nitrogen and oxygen atoms in total. The number of hydrogen-bond acceptors (Lipinski definition) is 3. The van der Waals surface area contributed by atoms with Crippen LogP contribution < -0.4 is 4.72 Å². The molecule has 2 aromatic carbocycles. The van der Waals surface area contributed by atoms with Crippen molar-refractivity contribution < 1.29 is 17.9 Å². The lowest BCUT2D eigenvalue weighted by Gasteiger charge is -2.09. The summed E-state index contributed by atoms with van der Waals surface area (Å²) in [6, 6.07) is 9.40. The van der Waals surface area contributed by atoms with Crippen LogP contribution in [0.1, 0.15) is 5.56 Å². The van der Waals surface area contributed by atoms with Crippen LogP contribution in [0.2, 0.25) is 5.02 Å². The second kappa shape index (κ2) is 5.78. The number of sulfonamides is 1. The fourth-order valence-corrected chi connectivity index (χ4v) is 2.87. The Morgan fingerprint density at radius 3 is 2.35 bits per heavy atom. The molecule has 0 unspecified atom stereocenters. The number of rotatable bonds is 4. The summed E-state index contributed by atoms with van der Waals surface area (Å²) in [4.78, 5) is -0.130. The fourth-order valence-electron chi connectivity index (χ4n) is 1.54. The van der Waals surface area contributed by atoms with E-state index in [0.29, 0.717) is 11.3 Å². The van der Waals surface area contributed by atoms with E-state index in [1.165, 1.54) is 12.1 Å². The van der Waals surface area contributed by atoms with Gasteiger partial charge in [0.05, 0.1) is 16.5 Å². The summed E-state index contributed by atoms with van der Waals surface area (Å²) in [5.41, 5.74) is 1.00. The summed E-state index contributed by atoms with van der Waals surface area (Å²) in [5, 5.41) is 8.65. The van der Waals surface area contributed by atoms with Crippen LogP contribution in [0.15, 0.2) is 47.4 Å². The highest BCUT2D eigenvalue weighted by atomic mass is 35.5. The zero-order chi connectivity index (χ0) is 14.8. The van der Waals surface area contributed by atoms with E-state index < -0.39 is 15.8 Å². The fraction of sp³-hybridized carbons (Fsp3) is 0.0769. The Kier molecular flexibility index (Phi) is 4.27. The molecular formula is C13H11ClFNO3S. The largest absolute Gasteiger partial charge is 0.392 e. The number of aliphatic hydroxyl groups excluding tert-OH is 1. The summed E-state index contributed by atoms with van der Waals surface area (Å²) >= 11 is 5.57. The van der Waals surface area contributed by atoms with Crippen LogP contribution in [-0.2, 0) is 16.6 Å². The molecule has 0 saturated carbocycles. The molecule has 7 heteroatoms. The van der Waals surface area contributed by atoms with E-state index in [1.54, 1.807) is 12.1 Å². The highest BCUT2D eigenvalue weighted by molar-refractivity contribution is 7.92. The molecule has 0 spiro atoms. The first kappa shape index (κ1) is 14.8. The number of anilines is 1. The standard InChI is InChI=1S/C13H11ClFNO3S/c14-12-7-11(5-6-13(12)15)20(18,19)16-10-3-1-9(8-17)2-4-10/h1-7,16-17H,8H2. The van der Waals surface area contributed by atoms with E-state index in [9.17, 15) is 12.8 Å². The first-order valence-corrected chi connectivity index (χ1v) is 7.46. The third kappa shape index (κ3) is 3.27. The predicted molar refractivity (Wildman–Crippen MR) is 74.6 cm³/mol. The molecule has 20 heavy (non-hydrogen) atoms. The van der Waals surface area contributed by atoms with Gasteiger partial charge in [-0.05, 0) is 35.9 Å².